The molecule has 0 aliphatic carbocycles. The third kappa shape index (κ3) is 2.02. The Morgan fingerprint density at radius 1 is 1.00 bits per heavy atom. The van der Waals surface area contributed by atoms with Gasteiger partial charge in [0.15, 0.2) is 0 Å². The molecule has 1 aliphatic rings. The molecule has 7 heavy (non-hydrogen) atoms. The second-order valence-corrected chi connectivity index (χ2v) is 8.94. The predicted octanol–water partition coefficient (Wildman–Crippen LogP) is 2.13. The van der Waals surface area contributed by atoms with Crippen molar-refractivity contribution in [3.63, 3.8) is 0 Å². The molecule has 0 nitrogen and oxygen atoms in total. The fourth-order valence-electron chi connectivity index (χ4n) is 1.05. The number of hydrogen-bond donors (Lipinski definition) is 0. The monoisotopic (exact) mass is 204 g/mol. The van der Waals surface area contributed by atoms with Crippen LogP contribution in [-0.4, -0.2) is 22.0 Å². The molecule has 0 unspecified atom stereocenters. The molecule has 0 bridgehead atoms. The summed E-state index contributed by atoms with van der Waals surface area (Å²) >= 11 is -2.17. The normalized spacial score (nSPS) is 22.7. The van der Waals surface area contributed by atoms with Crippen LogP contribution in [-0.2, 0) is 0 Å². The molecule has 2 heteroatoms. The summed E-state index contributed by atoms with van der Waals surface area (Å²) in [6.07, 6.45) is 3.71. The first kappa shape index (κ1) is 5.93. The summed E-state index contributed by atoms with van der Waals surface area (Å²) < 4.78 is 14.5. The summed E-state index contributed by atoms with van der Waals surface area (Å²) in [5, 5.41) is 0. The van der Waals surface area contributed by atoms with E-state index in [0.29, 0.717) is 0 Å². The molecule has 0 saturated carbocycles. The zero-order chi connectivity index (χ0) is 5.11. The maximum atomic E-state index is 12.4. The van der Waals surface area contributed by atoms with Crippen LogP contribution in [0.5, 0.6) is 0 Å². The van der Waals surface area contributed by atoms with Crippen molar-refractivity contribution in [2.45, 2.75) is 27.6 Å². The second kappa shape index (κ2) is 2.95. The summed E-state index contributed by atoms with van der Waals surface area (Å²) in [4.78, 5) is 0. The van der Waals surface area contributed by atoms with Crippen LogP contribution < -0.4 is 0 Å². The van der Waals surface area contributed by atoms with E-state index in [2.05, 4.69) is 0 Å². The Labute approximate surface area is 52.5 Å². The van der Waals surface area contributed by atoms with Gasteiger partial charge in [-0.05, 0) is 0 Å². The third-order valence-corrected chi connectivity index (χ3v) is 7.44. The molecule has 0 amide bonds. The molecule has 0 spiro atoms. The van der Waals surface area contributed by atoms with E-state index in [1.807, 2.05) is 0 Å². The van der Waals surface area contributed by atoms with E-state index in [0.717, 1.165) is 8.35 Å². The Morgan fingerprint density at radius 2 is 1.57 bits per heavy atom. The molecule has 1 saturated heterocycles. The fraction of sp³-hybridized carbons (Fsp3) is 1.00. The average Bonchev–Trinajstić information content (AvgIpc) is 1.69. The zero-order valence-corrected chi connectivity index (χ0v) is 7.79. The minimum atomic E-state index is -2.17. The standard InChI is InChI=1S/C5H10.FH.In/c1-3-5-4-2;;/h1-5H2;1H;/q;;+1/p-1. The molecule has 0 radical (unpaired) electrons. The minimum absolute atomic E-state index is 1.03. The van der Waals surface area contributed by atoms with Crippen LogP contribution in [0.1, 0.15) is 19.3 Å². The van der Waals surface area contributed by atoms with E-state index in [1.54, 1.807) is 0 Å². The quantitative estimate of drug-likeness (QED) is 0.566. The summed E-state index contributed by atoms with van der Waals surface area (Å²) in [5.74, 6) is 0. The van der Waals surface area contributed by atoms with Crippen molar-refractivity contribution < 1.29 is 2.66 Å². The van der Waals surface area contributed by atoms with Crippen LogP contribution in [0.3, 0.4) is 0 Å². The molecule has 40 valence electrons. The predicted molar refractivity (Wildman–Crippen MR) is 30.3 cm³/mol. The van der Waals surface area contributed by atoms with Crippen LogP contribution in [0.15, 0.2) is 0 Å². The van der Waals surface area contributed by atoms with Crippen LogP contribution in [0.2, 0.25) is 8.35 Å². The number of rotatable bonds is 0. The fourth-order valence-corrected chi connectivity index (χ4v) is 6.05. The summed E-state index contributed by atoms with van der Waals surface area (Å²) in [5.41, 5.74) is 0. The van der Waals surface area contributed by atoms with Gasteiger partial charge in [-0.2, -0.15) is 0 Å². The SMILES string of the molecule is [F][In]1[CH2]CCC[CH2]1. The van der Waals surface area contributed by atoms with Gasteiger partial charge in [0.25, 0.3) is 0 Å². The van der Waals surface area contributed by atoms with Crippen LogP contribution >= 0.6 is 0 Å². The molecule has 1 rings (SSSR count). The van der Waals surface area contributed by atoms with Gasteiger partial charge in [0.2, 0.25) is 0 Å². The van der Waals surface area contributed by atoms with Gasteiger partial charge < -0.3 is 0 Å². The topological polar surface area (TPSA) is 0 Å². The molecule has 1 heterocycles. The third-order valence-electron chi connectivity index (χ3n) is 1.53. The number of halogens is 1. The Bertz CT molecular complexity index is 50.0. The first-order chi connectivity index (χ1) is 3.39. The van der Waals surface area contributed by atoms with Gasteiger partial charge in [-0.25, -0.2) is 0 Å². The maximum absolute atomic E-state index is 12.4. The van der Waals surface area contributed by atoms with Crippen molar-refractivity contribution in [2.75, 3.05) is 0 Å². The van der Waals surface area contributed by atoms with Crippen molar-refractivity contribution in [1.29, 1.82) is 0 Å². The van der Waals surface area contributed by atoms with Crippen molar-refractivity contribution in [3.8, 4) is 0 Å². The van der Waals surface area contributed by atoms with Gasteiger partial charge >= 0.3 is 52.3 Å². The van der Waals surface area contributed by atoms with Crippen molar-refractivity contribution in [3.05, 3.63) is 0 Å². The van der Waals surface area contributed by atoms with E-state index in [1.165, 1.54) is 19.3 Å². The Balaban J connectivity index is 2.12. The first-order valence-corrected chi connectivity index (χ1v) is 8.94. The van der Waals surface area contributed by atoms with Crippen LogP contribution in [0.4, 0.5) is 2.66 Å². The van der Waals surface area contributed by atoms with Gasteiger partial charge in [0.05, 0.1) is 0 Å². The van der Waals surface area contributed by atoms with Crippen molar-refractivity contribution >= 4 is 22.0 Å². The van der Waals surface area contributed by atoms with E-state index in [4.69, 9.17) is 0 Å². The molecule has 0 aromatic rings. The zero-order valence-electron chi connectivity index (χ0n) is 4.49. The molecule has 1 aliphatic heterocycles. The second-order valence-electron chi connectivity index (χ2n) is 2.24. The first-order valence-electron chi connectivity index (χ1n) is 3.03. The van der Waals surface area contributed by atoms with E-state index in [9.17, 15) is 2.66 Å². The molecule has 0 atom stereocenters. The number of hydrogen-bond acceptors (Lipinski definition) is 0. The molecule has 0 aromatic carbocycles. The Morgan fingerprint density at radius 3 is 1.86 bits per heavy atom. The molecule has 0 N–H and O–H groups in total. The van der Waals surface area contributed by atoms with Crippen LogP contribution in [0, 0.1) is 0 Å². The van der Waals surface area contributed by atoms with E-state index >= 15 is 0 Å². The van der Waals surface area contributed by atoms with Crippen molar-refractivity contribution in [1.82, 2.24) is 0 Å². The summed E-state index contributed by atoms with van der Waals surface area (Å²) in [7, 11) is 0. The Kier molecular flexibility index (Phi) is 2.50. The Hall–Kier alpha value is 0.800. The molecule has 1 fully saturated rings. The molecular formula is C5H10FIn. The van der Waals surface area contributed by atoms with Gasteiger partial charge in [-0.1, -0.05) is 0 Å². The molecule has 0 aromatic heterocycles. The van der Waals surface area contributed by atoms with Crippen molar-refractivity contribution in [2.24, 2.45) is 0 Å². The summed E-state index contributed by atoms with van der Waals surface area (Å²) in [6.45, 7) is 0. The van der Waals surface area contributed by atoms with E-state index in [-0.39, 0.29) is 0 Å². The van der Waals surface area contributed by atoms with Gasteiger partial charge in [-0.15, -0.1) is 0 Å². The molecular weight excluding hydrogens is 194 g/mol. The summed E-state index contributed by atoms with van der Waals surface area (Å²) in [6, 6.07) is 0. The van der Waals surface area contributed by atoms with E-state index < -0.39 is 22.0 Å². The van der Waals surface area contributed by atoms with Crippen LogP contribution in [0.25, 0.3) is 0 Å². The van der Waals surface area contributed by atoms with Gasteiger partial charge in [0.1, 0.15) is 0 Å². The average molecular weight is 204 g/mol. The van der Waals surface area contributed by atoms with Gasteiger partial charge in [-0.3, -0.25) is 0 Å². The van der Waals surface area contributed by atoms with Gasteiger partial charge in [0, 0.05) is 0 Å².